The van der Waals surface area contributed by atoms with Gasteiger partial charge in [0, 0.05) is 11.9 Å². The van der Waals surface area contributed by atoms with Crippen molar-refractivity contribution in [1.82, 2.24) is 14.5 Å². The number of unbranched alkanes of at least 4 members (excludes halogenated alkanes) is 5. The first kappa shape index (κ1) is 17.0. The number of fused-ring (bicyclic) bond motifs is 4. The summed E-state index contributed by atoms with van der Waals surface area (Å²) in [5.41, 5.74) is 6.54. The van der Waals surface area contributed by atoms with Crippen LogP contribution < -0.4 is 0 Å². The first-order valence-electron chi connectivity index (χ1n) is 9.93. The molecule has 4 aromatic rings. The molecule has 0 N–H and O–H groups in total. The fourth-order valence-electron chi connectivity index (χ4n) is 3.83. The van der Waals surface area contributed by atoms with Gasteiger partial charge in [-0.05, 0) is 37.6 Å². The van der Waals surface area contributed by atoms with Gasteiger partial charge in [-0.25, -0.2) is 9.97 Å². The average molecular weight is 345 g/mol. The van der Waals surface area contributed by atoms with Crippen molar-refractivity contribution in [3.8, 4) is 0 Å². The minimum Gasteiger partial charge on any atom is -0.324 e. The van der Waals surface area contributed by atoms with E-state index >= 15 is 0 Å². The molecule has 0 saturated heterocycles. The summed E-state index contributed by atoms with van der Waals surface area (Å²) in [6, 6.07) is 14.8. The van der Waals surface area contributed by atoms with Crippen LogP contribution in [0.3, 0.4) is 0 Å². The Labute approximate surface area is 155 Å². The van der Waals surface area contributed by atoms with Crippen molar-refractivity contribution in [2.45, 2.75) is 58.9 Å². The molecule has 134 valence electrons. The van der Waals surface area contributed by atoms with Gasteiger partial charge in [-0.15, -0.1) is 0 Å². The van der Waals surface area contributed by atoms with E-state index < -0.39 is 0 Å². The van der Waals surface area contributed by atoms with Gasteiger partial charge in [0.15, 0.2) is 5.65 Å². The Morgan fingerprint density at radius 1 is 0.846 bits per heavy atom. The van der Waals surface area contributed by atoms with Crippen LogP contribution in [0.2, 0.25) is 0 Å². The molecule has 0 unspecified atom stereocenters. The van der Waals surface area contributed by atoms with Crippen LogP contribution in [-0.2, 0) is 6.54 Å². The van der Waals surface area contributed by atoms with Crippen molar-refractivity contribution in [3.63, 3.8) is 0 Å². The number of hydrogen-bond acceptors (Lipinski definition) is 2. The molecule has 0 fully saturated rings. The highest BCUT2D eigenvalue weighted by molar-refractivity contribution is 6.06. The first-order chi connectivity index (χ1) is 12.8. The van der Waals surface area contributed by atoms with E-state index in [0.29, 0.717) is 0 Å². The topological polar surface area (TPSA) is 30.7 Å². The zero-order chi connectivity index (χ0) is 17.9. The van der Waals surface area contributed by atoms with Crippen LogP contribution in [0.1, 0.15) is 51.0 Å². The maximum absolute atomic E-state index is 4.97. The second-order valence-electron chi connectivity index (χ2n) is 7.32. The Bertz CT molecular complexity index is 1050. The molecule has 2 aromatic heterocycles. The lowest BCUT2D eigenvalue weighted by Gasteiger charge is -2.07. The van der Waals surface area contributed by atoms with Gasteiger partial charge in [0.25, 0.3) is 0 Å². The number of nitrogens with zero attached hydrogens (tertiary/aromatic N) is 3. The second kappa shape index (κ2) is 7.45. The van der Waals surface area contributed by atoms with Crippen molar-refractivity contribution >= 4 is 33.1 Å². The van der Waals surface area contributed by atoms with Crippen molar-refractivity contribution in [2.24, 2.45) is 0 Å². The zero-order valence-corrected chi connectivity index (χ0v) is 15.8. The summed E-state index contributed by atoms with van der Waals surface area (Å²) in [7, 11) is 0. The predicted octanol–water partition coefficient (Wildman–Crippen LogP) is 6.41. The molecule has 0 aliphatic heterocycles. The molecule has 0 bridgehead atoms. The lowest BCUT2D eigenvalue weighted by molar-refractivity contribution is 0.570. The summed E-state index contributed by atoms with van der Waals surface area (Å²) in [6.45, 7) is 5.43. The van der Waals surface area contributed by atoms with E-state index in [0.717, 1.165) is 28.7 Å². The van der Waals surface area contributed by atoms with Crippen LogP contribution in [0.5, 0.6) is 0 Å². The fraction of sp³-hybridized carbons (Fsp3) is 0.391. The first-order valence-corrected chi connectivity index (χ1v) is 9.93. The van der Waals surface area contributed by atoms with Crippen LogP contribution in [0.15, 0.2) is 42.5 Å². The van der Waals surface area contributed by atoms with Crippen molar-refractivity contribution in [1.29, 1.82) is 0 Å². The number of hydrogen-bond donors (Lipinski definition) is 0. The Hall–Kier alpha value is -2.42. The third-order valence-electron chi connectivity index (χ3n) is 5.24. The summed E-state index contributed by atoms with van der Waals surface area (Å²) in [4.78, 5) is 9.93. The van der Waals surface area contributed by atoms with E-state index in [2.05, 4.69) is 48.7 Å². The van der Waals surface area contributed by atoms with E-state index in [1.54, 1.807) is 0 Å². The van der Waals surface area contributed by atoms with Crippen LogP contribution in [0.25, 0.3) is 33.1 Å². The molecular formula is C23H27N3. The summed E-state index contributed by atoms with van der Waals surface area (Å²) < 4.78 is 2.38. The number of para-hydroxylation sites is 2. The van der Waals surface area contributed by atoms with Gasteiger partial charge in [0.05, 0.1) is 16.6 Å². The number of rotatable bonds is 7. The molecule has 0 aliphatic carbocycles. The third kappa shape index (κ3) is 3.18. The molecule has 0 radical (unpaired) electrons. The number of benzene rings is 2. The van der Waals surface area contributed by atoms with Gasteiger partial charge in [0.1, 0.15) is 5.52 Å². The van der Waals surface area contributed by atoms with Gasteiger partial charge in [-0.2, -0.15) is 0 Å². The Morgan fingerprint density at radius 3 is 2.38 bits per heavy atom. The van der Waals surface area contributed by atoms with E-state index in [-0.39, 0.29) is 0 Å². The summed E-state index contributed by atoms with van der Waals surface area (Å²) in [5, 5.41) is 1.23. The van der Waals surface area contributed by atoms with Gasteiger partial charge >= 0.3 is 0 Å². The molecule has 0 spiro atoms. The molecule has 0 amide bonds. The smallest absolute Gasteiger partial charge is 0.160 e. The Balaban J connectivity index is 1.75. The van der Waals surface area contributed by atoms with Crippen molar-refractivity contribution < 1.29 is 0 Å². The molecule has 0 atom stereocenters. The molecular weight excluding hydrogens is 318 g/mol. The lowest BCUT2D eigenvalue weighted by atomic mass is 10.1. The van der Waals surface area contributed by atoms with E-state index in [1.165, 1.54) is 55.0 Å². The van der Waals surface area contributed by atoms with Crippen LogP contribution in [0, 0.1) is 6.92 Å². The standard InChI is InChI=1S/C23H27N3/c1-3-4-5-6-7-10-15-26-21-14-13-17(2)16-18(21)22-23(26)25-20-12-9-8-11-19(20)24-22/h8-9,11-14,16H,3-7,10,15H2,1-2H3. The van der Waals surface area contributed by atoms with Crippen molar-refractivity contribution in [3.05, 3.63) is 48.0 Å². The number of aromatic nitrogens is 3. The van der Waals surface area contributed by atoms with Crippen LogP contribution in [0.4, 0.5) is 0 Å². The molecule has 26 heavy (non-hydrogen) atoms. The SMILES string of the molecule is CCCCCCCCn1c2ccc(C)cc2c2nc3ccccc3nc21. The number of aryl methyl sites for hydroxylation is 2. The predicted molar refractivity (Wildman–Crippen MR) is 111 cm³/mol. The monoisotopic (exact) mass is 345 g/mol. The zero-order valence-electron chi connectivity index (χ0n) is 15.8. The van der Waals surface area contributed by atoms with E-state index in [9.17, 15) is 0 Å². The van der Waals surface area contributed by atoms with Crippen LogP contribution >= 0.6 is 0 Å². The summed E-state index contributed by atoms with van der Waals surface area (Å²) >= 11 is 0. The van der Waals surface area contributed by atoms with Crippen LogP contribution in [-0.4, -0.2) is 14.5 Å². The molecule has 3 nitrogen and oxygen atoms in total. The fourth-order valence-corrected chi connectivity index (χ4v) is 3.83. The van der Waals surface area contributed by atoms with E-state index in [4.69, 9.17) is 9.97 Å². The maximum atomic E-state index is 4.97. The normalized spacial score (nSPS) is 11.8. The highest BCUT2D eigenvalue weighted by atomic mass is 15.1. The minimum atomic E-state index is 0.972. The summed E-state index contributed by atoms with van der Waals surface area (Å²) in [5.74, 6) is 0. The molecule has 4 rings (SSSR count). The lowest BCUT2D eigenvalue weighted by Crippen LogP contribution is -2.00. The Kier molecular flexibility index (Phi) is 4.87. The van der Waals surface area contributed by atoms with Gasteiger partial charge in [0.2, 0.25) is 0 Å². The maximum Gasteiger partial charge on any atom is 0.160 e. The highest BCUT2D eigenvalue weighted by Gasteiger charge is 2.14. The van der Waals surface area contributed by atoms with Gasteiger partial charge in [-0.3, -0.25) is 0 Å². The molecule has 0 saturated carbocycles. The third-order valence-corrected chi connectivity index (χ3v) is 5.24. The quantitative estimate of drug-likeness (QED) is 0.362. The minimum absolute atomic E-state index is 0.972. The molecule has 2 heterocycles. The molecule has 3 heteroatoms. The average Bonchev–Trinajstić information content (AvgIpc) is 2.95. The van der Waals surface area contributed by atoms with Crippen molar-refractivity contribution in [2.75, 3.05) is 0 Å². The molecule has 2 aromatic carbocycles. The highest BCUT2D eigenvalue weighted by Crippen LogP contribution is 2.29. The van der Waals surface area contributed by atoms with E-state index in [1.807, 2.05) is 12.1 Å². The van der Waals surface area contributed by atoms with Gasteiger partial charge < -0.3 is 4.57 Å². The largest absolute Gasteiger partial charge is 0.324 e. The summed E-state index contributed by atoms with van der Waals surface area (Å²) in [6.07, 6.45) is 7.83. The Morgan fingerprint density at radius 2 is 1.58 bits per heavy atom. The van der Waals surface area contributed by atoms with Gasteiger partial charge in [-0.1, -0.05) is 62.8 Å². The second-order valence-corrected chi connectivity index (χ2v) is 7.32. The molecule has 0 aliphatic rings.